The first-order valence-electron chi connectivity index (χ1n) is 10.3. The molecule has 0 bridgehead atoms. The molecule has 2 aromatic rings. The fourth-order valence-electron chi connectivity index (χ4n) is 2.80. The molecular weight excluding hydrogens is 553 g/mol. The minimum atomic E-state index is -1.14. The van der Waals surface area contributed by atoms with Crippen LogP contribution in [-0.2, 0) is 0 Å². The zero-order valence-corrected chi connectivity index (χ0v) is 27.3. The molecule has 0 saturated carbocycles. The Bertz CT molecular complexity index is 700. The van der Waals surface area contributed by atoms with Crippen molar-refractivity contribution in [2.24, 2.45) is 0 Å². The standard InChI is InChI=1S/C13H20Si.C10H15Si.C3H5Br.BrH.Mg/c1-5-9-13(14(2,3)4)12-10-7-6-8-11-12;1-11(2,3)9-10-7-5-4-6-8-10;1-2-3-4;;/h5-11,13H,1-4H3;4-9H,1-3H3;2-3H,1H3;1H;/q;-1;;;+2/p-1/b9-5-;;3-2-;;. The first-order chi connectivity index (χ1) is 13.5. The normalized spacial score (nSPS) is 11.8. The SMILES string of the molecule is C/C=C\Br.C/C=C\C(c1ccccc1)[Si](C)(C)C.C[Si](C)(C)[CH-]c1ccccc1.[Br-].[Mg+2]. The molecule has 0 N–H and O–H groups in total. The average Bonchev–Trinajstić information content (AvgIpc) is 2.66. The van der Waals surface area contributed by atoms with Crippen LogP contribution in [0.1, 0.15) is 30.5 Å². The van der Waals surface area contributed by atoms with E-state index in [0.717, 1.165) is 0 Å². The molecule has 5 heteroatoms. The minimum Gasteiger partial charge on any atom is -1.00 e. The number of allylic oxidation sites excluding steroid dienone is 3. The Morgan fingerprint density at radius 3 is 1.52 bits per heavy atom. The predicted molar refractivity (Wildman–Crippen MR) is 150 cm³/mol. The Balaban J connectivity index is -0.000000416. The van der Waals surface area contributed by atoms with Gasteiger partial charge < -0.3 is 17.0 Å². The molecule has 0 spiro atoms. The van der Waals surface area contributed by atoms with E-state index in [9.17, 15) is 0 Å². The molecule has 2 rings (SSSR count). The molecule has 0 aromatic heterocycles. The van der Waals surface area contributed by atoms with Crippen molar-refractivity contribution in [3.63, 3.8) is 0 Å². The second kappa shape index (κ2) is 19.4. The summed E-state index contributed by atoms with van der Waals surface area (Å²) in [5.74, 6) is 0. The van der Waals surface area contributed by atoms with Crippen LogP contribution in [0.15, 0.2) is 83.9 Å². The Hall–Kier alpha value is -0.0500. The van der Waals surface area contributed by atoms with Crippen molar-refractivity contribution in [2.45, 2.75) is 58.7 Å². The minimum absolute atomic E-state index is 0. The van der Waals surface area contributed by atoms with Gasteiger partial charge in [-0.2, -0.15) is 23.7 Å². The summed E-state index contributed by atoms with van der Waals surface area (Å²) < 4.78 is 0. The van der Waals surface area contributed by atoms with Crippen LogP contribution in [0.3, 0.4) is 0 Å². The van der Waals surface area contributed by atoms with Crippen LogP contribution in [0.25, 0.3) is 0 Å². The topological polar surface area (TPSA) is 0 Å². The zero-order chi connectivity index (χ0) is 22.3. The van der Waals surface area contributed by atoms with E-state index in [2.05, 4.69) is 141 Å². The maximum Gasteiger partial charge on any atom is 2.00 e. The van der Waals surface area contributed by atoms with Crippen molar-refractivity contribution < 1.29 is 17.0 Å². The van der Waals surface area contributed by atoms with Gasteiger partial charge in [0.2, 0.25) is 0 Å². The Kier molecular flexibility index (Phi) is 22.3. The van der Waals surface area contributed by atoms with Crippen molar-refractivity contribution >= 4 is 55.1 Å². The Morgan fingerprint density at radius 1 is 0.774 bits per heavy atom. The molecule has 1 unspecified atom stereocenters. The number of rotatable bonds is 5. The largest absolute Gasteiger partial charge is 2.00 e. The van der Waals surface area contributed by atoms with Gasteiger partial charge in [-0.1, -0.05) is 110 Å². The third-order valence-electron chi connectivity index (χ3n) is 4.00. The van der Waals surface area contributed by atoms with Crippen molar-refractivity contribution in [3.8, 4) is 0 Å². The molecule has 1 atom stereocenters. The van der Waals surface area contributed by atoms with Gasteiger partial charge >= 0.3 is 23.1 Å². The van der Waals surface area contributed by atoms with Crippen molar-refractivity contribution in [1.29, 1.82) is 0 Å². The summed E-state index contributed by atoms with van der Waals surface area (Å²) in [6.07, 6.45) is 6.44. The summed E-state index contributed by atoms with van der Waals surface area (Å²) >= 11 is 3.07. The maximum absolute atomic E-state index is 3.07. The van der Waals surface area contributed by atoms with Gasteiger partial charge in [-0.05, 0) is 29.9 Å². The summed E-state index contributed by atoms with van der Waals surface area (Å²) in [7, 11) is -2.16. The van der Waals surface area contributed by atoms with Crippen LogP contribution >= 0.6 is 15.9 Å². The number of hydrogen-bond donors (Lipinski definition) is 0. The van der Waals surface area contributed by atoms with E-state index >= 15 is 0 Å². The van der Waals surface area contributed by atoms with Gasteiger partial charge in [-0.15, -0.1) is 12.1 Å². The molecule has 2 aromatic carbocycles. The van der Waals surface area contributed by atoms with Gasteiger partial charge in [0.15, 0.2) is 0 Å². The van der Waals surface area contributed by atoms with Crippen molar-refractivity contribution in [1.82, 2.24) is 0 Å². The predicted octanol–water partition coefficient (Wildman–Crippen LogP) is 5.88. The fraction of sp³-hybridized carbons (Fsp3) is 0.346. The molecule has 0 fully saturated rings. The maximum atomic E-state index is 3.07. The average molecular weight is 593 g/mol. The smallest absolute Gasteiger partial charge is 1.00 e. The van der Waals surface area contributed by atoms with Crippen LogP contribution in [0.2, 0.25) is 39.3 Å². The summed E-state index contributed by atoms with van der Waals surface area (Å²) in [5.41, 5.74) is 3.48. The van der Waals surface area contributed by atoms with E-state index in [1.807, 2.05) is 18.0 Å². The third-order valence-corrected chi connectivity index (χ3v) is 8.12. The molecule has 0 nitrogen and oxygen atoms in total. The van der Waals surface area contributed by atoms with E-state index in [0.29, 0.717) is 5.54 Å². The van der Waals surface area contributed by atoms with Crippen molar-refractivity contribution in [2.75, 3.05) is 0 Å². The van der Waals surface area contributed by atoms with Crippen LogP contribution < -0.4 is 17.0 Å². The van der Waals surface area contributed by atoms with Gasteiger partial charge in [0.05, 0.1) is 8.07 Å². The van der Waals surface area contributed by atoms with E-state index in [4.69, 9.17) is 0 Å². The van der Waals surface area contributed by atoms with E-state index in [1.165, 1.54) is 11.1 Å². The van der Waals surface area contributed by atoms with Gasteiger partial charge in [0.25, 0.3) is 0 Å². The van der Waals surface area contributed by atoms with E-state index in [1.54, 1.807) is 0 Å². The number of benzene rings is 2. The molecule has 0 saturated heterocycles. The fourth-order valence-corrected chi connectivity index (χ4v) is 5.96. The zero-order valence-electron chi connectivity index (χ0n) is 20.7. The molecule has 0 aliphatic rings. The van der Waals surface area contributed by atoms with Crippen LogP contribution in [-0.4, -0.2) is 39.2 Å². The van der Waals surface area contributed by atoms with E-state index < -0.39 is 16.1 Å². The quantitative estimate of drug-likeness (QED) is 0.231. The molecule has 0 amide bonds. The van der Waals surface area contributed by atoms with Crippen LogP contribution in [0.5, 0.6) is 0 Å². The number of hydrogen-bond acceptors (Lipinski definition) is 0. The Morgan fingerprint density at radius 2 is 1.19 bits per heavy atom. The molecule has 168 valence electrons. The van der Waals surface area contributed by atoms with Crippen LogP contribution in [0, 0.1) is 6.04 Å². The van der Waals surface area contributed by atoms with Gasteiger partial charge in [-0.3, -0.25) is 0 Å². The van der Waals surface area contributed by atoms with Gasteiger partial charge in [-0.25, -0.2) is 0 Å². The van der Waals surface area contributed by atoms with Gasteiger partial charge in [0.1, 0.15) is 0 Å². The summed E-state index contributed by atoms with van der Waals surface area (Å²) in [4.78, 5) is 1.81. The second-order valence-corrected chi connectivity index (χ2v) is 20.1. The molecule has 31 heavy (non-hydrogen) atoms. The molecule has 0 heterocycles. The summed E-state index contributed by atoms with van der Waals surface area (Å²) in [6.45, 7) is 18.4. The first kappa shape index (κ1) is 35.5. The van der Waals surface area contributed by atoms with E-state index in [-0.39, 0.29) is 40.0 Å². The molecule has 0 aliphatic carbocycles. The summed E-state index contributed by atoms with van der Waals surface area (Å²) in [6, 6.07) is 23.8. The van der Waals surface area contributed by atoms with Crippen LogP contribution in [0.4, 0.5) is 0 Å². The van der Waals surface area contributed by atoms with Crippen molar-refractivity contribution in [3.05, 3.63) is 101 Å². The third kappa shape index (κ3) is 19.2. The first-order valence-corrected chi connectivity index (χ1v) is 18.4. The molecule has 0 aliphatic heterocycles. The Labute approximate surface area is 230 Å². The molecule has 0 radical (unpaired) electrons. The monoisotopic (exact) mass is 590 g/mol. The second-order valence-electron chi connectivity index (χ2n) is 9.16. The number of halogens is 2. The van der Waals surface area contributed by atoms with Gasteiger partial charge in [0, 0.05) is 8.07 Å². The summed E-state index contributed by atoms with van der Waals surface area (Å²) in [5, 5.41) is 0. The molecular formula is C26H40Br2MgSi2.